The predicted octanol–water partition coefficient (Wildman–Crippen LogP) is 1.81. The van der Waals surface area contributed by atoms with E-state index in [0.717, 1.165) is 18.7 Å². The molecule has 0 saturated carbocycles. The van der Waals surface area contributed by atoms with Gasteiger partial charge < -0.3 is 10.2 Å². The Balaban J connectivity index is 2.86. The van der Waals surface area contributed by atoms with Crippen molar-refractivity contribution in [1.29, 1.82) is 0 Å². The summed E-state index contributed by atoms with van der Waals surface area (Å²) in [6, 6.07) is 2.04. The molecule has 0 atom stereocenters. The lowest BCUT2D eigenvalue weighted by Gasteiger charge is -2.22. The molecule has 0 saturated heterocycles. The van der Waals surface area contributed by atoms with Gasteiger partial charge in [0.05, 0.1) is 0 Å². The maximum absolute atomic E-state index is 4.14. The number of likely N-dealkylation sites (N-methyl/N-ethyl adjacent to an activating group) is 1. The first kappa shape index (κ1) is 11.7. The van der Waals surface area contributed by atoms with Gasteiger partial charge in [0.25, 0.3) is 0 Å². The molecule has 0 aromatic carbocycles. The number of aromatic nitrogens is 1. The molecule has 1 aromatic rings. The highest BCUT2D eigenvalue weighted by atomic mass is 15.1. The average molecular weight is 205 g/mol. The zero-order valence-corrected chi connectivity index (χ0v) is 9.75. The van der Waals surface area contributed by atoms with E-state index >= 15 is 0 Å². The minimum absolute atomic E-state index is 0.837. The van der Waals surface area contributed by atoms with Gasteiger partial charge in [-0.1, -0.05) is 12.2 Å². The van der Waals surface area contributed by atoms with Gasteiger partial charge in [-0.15, -0.1) is 0 Å². The van der Waals surface area contributed by atoms with Crippen molar-refractivity contribution in [3.63, 3.8) is 0 Å². The Morgan fingerprint density at radius 1 is 1.60 bits per heavy atom. The quantitative estimate of drug-likeness (QED) is 0.743. The van der Waals surface area contributed by atoms with Gasteiger partial charge in [-0.3, -0.25) is 4.98 Å². The van der Waals surface area contributed by atoms with Crippen LogP contribution in [-0.4, -0.2) is 25.6 Å². The lowest BCUT2D eigenvalue weighted by molar-refractivity contribution is 0.805. The summed E-state index contributed by atoms with van der Waals surface area (Å²) >= 11 is 0. The Hall–Kier alpha value is -1.35. The normalized spacial score (nSPS) is 10.1. The van der Waals surface area contributed by atoms with E-state index in [1.54, 1.807) is 0 Å². The first-order valence-corrected chi connectivity index (χ1v) is 5.08. The number of rotatable bonds is 5. The van der Waals surface area contributed by atoms with Crippen LogP contribution in [0.4, 0.5) is 5.69 Å². The van der Waals surface area contributed by atoms with E-state index in [2.05, 4.69) is 28.8 Å². The molecule has 1 heterocycles. The molecule has 0 radical (unpaired) electrons. The third-order valence-electron chi connectivity index (χ3n) is 2.16. The van der Waals surface area contributed by atoms with Crippen LogP contribution >= 0.6 is 0 Å². The van der Waals surface area contributed by atoms with Gasteiger partial charge in [-0.05, 0) is 20.0 Å². The topological polar surface area (TPSA) is 28.2 Å². The molecule has 1 aromatic heterocycles. The fraction of sp³-hybridized carbons (Fsp3) is 0.417. The van der Waals surface area contributed by atoms with Crippen molar-refractivity contribution < 1.29 is 0 Å². The lowest BCUT2D eigenvalue weighted by Crippen LogP contribution is -2.21. The van der Waals surface area contributed by atoms with Gasteiger partial charge in [0.2, 0.25) is 0 Å². The summed E-state index contributed by atoms with van der Waals surface area (Å²) in [5, 5.41) is 3.14. The van der Waals surface area contributed by atoms with Crippen LogP contribution in [-0.2, 0) is 6.54 Å². The molecule has 0 aliphatic heterocycles. The van der Waals surface area contributed by atoms with Gasteiger partial charge in [-0.25, -0.2) is 0 Å². The molecule has 82 valence electrons. The van der Waals surface area contributed by atoms with E-state index in [1.165, 1.54) is 11.3 Å². The zero-order valence-electron chi connectivity index (χ0n) is 9.75. The molecule has 0 fully saturated rings. The van der Waals surface area contributed by atoms with Gasteiger partial charge in [0.15, 0.2) is 0 Å². The Bertz CT molecular complexity index is 333. The van der Waals surface area contributed by atoms with Crippen LogP contribution in [0, 0.1) is 0 Å². The molecule has 15 heavy (non-hydrogen) atoms. The Morgan fingerprint density at radius 3 is 2.93 bits per heavy atom. The van der Waals surface area contributed by atoms with E-state index in [9.17, 15) is 0 Å². The highest BCUT2D eigenvalue weighted by Gasteiger charge is 2.06. The number of anilines is 1. The molecule has 3 nitrogen and oxygen atoms in total. The molecule has 0 amide bonds. The maximum Gasteiger partial charge on any atom is 0.0443 e. The number of hydrogen-bond acceptors (Lipinski definition) is 3. The molecular weight excluding hydrogens is 186 g/mol. The first-order chi connectivity index (χ1) is 7.15. The molecule has 0 aliphatic carbocycles. The van der Waals surface area contributed by atoms with Gasteiger partial charge in [0.1, 0.15) is 0 Å². The second-order valence-electron chi connectivity index (χ2n) is 3.85. The smallest absolute Gasteiger partial charge is 0.0443 e. The van der Waals surface area contributed by atoms with E-state index in [-0.39, 0.29) is 0 Å². The van der Waals surface area contributed by atoms with E-state index in [0.29, 0.717) is 0 Å². The second-order valence-corrected chi connectivity index (χ2v) is 3.85. The molecule has 0 unspecified atom stereocenters. The Labute approximate surface area is 91.8 Å². The van der Waals surface area contributed by atoms with Crippen molar-refractivity contribution in [3.05, 3.63) is 36.2 Å². The van der Waals surface area contributed by atoms with Crippen molar-refractivity contribution >= 4 is 5.69 Å². The van der Waals surface area contributed by atoms with Crippen LogP contribution < -0.4 is 10.2 Å². The predicted molar refractivity (Wildman–Crippen MR) is 65.1 cm³/mol. The number of hydrogen-bond donors (Lipinski definition) is 1. The van der Waals surface area contributed by atoms with Crippen molar-refractivity contribution in [2.24, 2.45) is 0 Å². The number of nitrogens with zero attached hydrogens (tertiary/aromatic N) is 2. The summed E-state index contributed by atoms with van der Waals surface area (Å²) in [7, 11) is 4.01. The molecule has 0 spiro atoms. The van der Waals surface area contributed by atoms with E-state index in [1.807, 2.05) is 32.4 Å². The Morgan fingerprint density at radius 2 is 2.33 bits per heavy atom. The average Bonchev–Trinajstić information content (AvgIpc) is 2.18. The van der Waals surface area contributed by atoms with Crippen molar-refractivity contribution in [2.75, 3.05) is 25.5 Å². The van der Waals surface area contributed by atoms with Crippen LogP contribution in [0.25, 0.3) is 0 Å². The van der Waals surface area contributed by atoms with Crippen LogP contribution in [0.1, 0.15) is 12.5 Å². The number of pyridine rings is 1. The molecule has 0 bridgehead atoms. The summed E-state index contributed by atoms with van der Waals surface area (Å²) in [4.78, 5) is 6.33. The van der Waals surface area contributed by atoms with Crippen molar-refractivity contribution in [3.8, 4) is 0 Å². The minimum Gasteiger partial charge on any atom is -0.370 e. The first-order valence-electron chi connectivity index (χ1n) is 5.08. The molecule has 1 N–H and O–H groups in total. The second kappa shape index (κ2) is 5.51. The largest absolute Gasteiger partial charge is 0.370 e. The summed E-state index contributed by atoms with van der Waals surface area (Å²) in [5.74, 6) is 0. The highest BCUT2D eigenvalue weighted by molar-refractivity contribution is 5.52. The van der Waals surface area contributed by atoms with Crippen LogP contribution in [0.15, 0.2) is 30.6 Å². The van der Waals surface area contributed by atoms with Crippen LogP contribution in [0.2, 0.25) is 0 Å². The minimum atomic E-state index is 0.837. The lowest BCUT2D eigenvalue weighted by atomic mass is 10.2. The summed E-state index contributed by atoms with van der Waals surface area (Å²) in [6.07, 6.45) is 3.73. The maximum atomic E-state index is 4.14. The zero-order chi connectivity index (χ0) is 11.3. The monoisotopic (exact) mass is 205 g/mol. The van der Waals surface area contributed by atoms with Gasteiger partial charge in [-0.2, -0.15) is 0 Å². The number of nitrogens with one attached hydrogen (secondary N) is 1. The van der Waals surface area contributed by atoms with Gasteiger partial charge >= 0.3 is 0 Å². The summed E-state index contributed by atoms with van der Waals surface area (Å²) in [6.45, 7) is 7.67. The SMILES string of the molecule is C=C(C)CN(C)c1ccncc1CNC. The van der Waals surface area contributed by atoms with E-state index in [4.69, 9.17) is 0 Å². The van der Waals surface area contributed by atoms with Crippen LogP contribution in [0.5, 0.6) is 0 Å². The third-order valence-corrected chi connectivity index (χ3v) is 2.16. The molecular formula is C12H19N3. The fourth-order valence-corrected chi connectivity index (χ4v) is 1.61. The Kier molecular flexibility index (Phi) is 4.31. The molecule has 0 aliphatic rings. The van der Waals surface area contributed by atoms with Gasteiger partial charge in [0, 0.05) is 43.8 Å². The van der Waals surface area contributed by atoms with Crippen LogP contribution in [0.3, 0.4) is 0 Å². The van der Waals surface area contributed by atoms with E-state index < -0.39 is 0 Å². The summed E-state index contributed by atoms with van der Waals surface area (Å²) in [5.41, 5.74) is 3.58. The molecule has 1 rings (SSSR count). The van der Waals surface area contributed by atoms with Crippen molar-refractivity contribution in [2.45, 2.75) is 13.5 Å². The highest BCUT2D eigenvalue weighted by Crippen LogP contribution is 2.18. The standard InChI is InChI=1S/C12H19N3/c1-10(2)9-15(4)12-5-6-14-8-11(12)7-13-3/h5-6,8,13H,1,7,9H2,2-4H3. The molecule has 3 heteroatoms. The third kappa shape index (κ3) is 3.36. The summed E-state index contributed by atoms with van der Waals surface area (Å²) < 4.78 is 0. The fourth-order valence-electron chi connectivity index (χ4n) is 1.61. The van der Waals surface area contributed by atoms with Crippen molar-refractivity contribution in [1.82, 2.24) is 10.3 Å².